The van der Waals surface area contributed by atoms with Gasteiger partial charge in [-0.3, -0.25) is 4.99 Å². The molecule has 0 aliphatic carbocycles. The molecule has 0 heterocycles. The number of hydrogen-bond acceptors (Lipinski definition) is 4. The van der Waals surface area contributed by atoms with Crippen molar-refractivity contribution in [3.8, 4) is 11.5 Å². The molecular weight excluding hydrogens is 294 g/mol. The second-order valence-corrected chi connectivity index (χ2v) is 4.82. The number of methoxy groups -OCH3 is 1. The molecule has 0 fully saturated rings. The Morgan fingerprint density at radius 3 is 2.61 bits per heavy atom. The highest BCUT2D eigenvalue weighted by atomic mass is 16.5. The summed E-state index contributed by atoms with van der Waals surface area (Å²) >= 11 is 0. The topological polar surface area (TPSA) is 64.1 Å². The molecule has 0 atom stereocenters. The summed E-state index contributed by atoms with van der Waals surface area (Å²) in [4.78, 5) is 4.21. The van der Waals surface area contributed by atoms with Crippen molar-refractivity contribution in [2.75, 3.05) is 40.5 Å². The van der Waals surface area contributed by atoms with Crippen molar-refractivity contribution in [2.24, 2.45) is 4.99 Å². The zero-order valence-corrected chi connectivity index (χ0v) is 14.6. The molecule has 0 bridgehead atoms. The van der Waals surface area contributed by atoms with Gasteiger partial charge in [-0.2, -0.15) is 0 Å². The Morgan fingerprint density at radius 1 is 1.13 bits per heavy atom. The van der Waals surface area contributed by atoms with Crippen LogP contribution in [0.5, 0.6) is 11.5 Å². The molecule has 1 aromatic carbocycles. The van der Waals surface area contributed by atoms with Crippen LogP contribution < -0.4 is 20.1 Å². The van der Waals surface area contributed by atoms with Crippen molar-refractivity contribution in [3.05, 3.63) is 23.8 Å². The van der Waals surface area contributed by atoms with Gasteiger partial charge in [-0.1, -0.05) is 6.07 Å². The van der Waals surface area contributed by atoms with Gasteiger partial charge in [-0.15, -0.1) is 0 Å². The minimum atomic E-state index is 0.607. The number of ether oxygens (including phenoxy) is 3. The van der Waals surface area contributed by atoms with E-state index in [0.29, 0.717) is 13.2 Å². The van der Waals surface area contributed by atoms with E-state index in [1.807, 2.05) is 32.0 Å². The first kappa shape index (κ1) is 19.1. The molecule has 0 aromatic heterocycles. The predicted octanol–water partition coefficient (Wildman–Crippen LogP) is 2.19. The molecule has 6 heteroatoms. The van der Waals surface area contributed by atoms with Gasteiger partial charge < -0.3 is 24.8 Å². The van der Waals surface area contributed by atoms with Gasteiger partial charge in [0.2, 0.25) is 0 Å². The van der Waals surface area contributed by atoms with Crippen molar-refractivity contribution < 1.29 is 14.2 Å². The molecule has 6 nitrogen and oxygen atoms in total. The quantitative estimate of drug-likeness (QED) is 0.392. The van der Waals surface area contributed by atoms with E-state index in [1.54, 1.807) is 14.2 Å². The fourth-order valence-corrected chi connectivity index (χ4v) is 2.03. The Hall–Kier alpha value is -1.95. The highest BCUT2D eigenvalue weighted by Gasteiger charge is 2.06. The van der Waals surface area contributed by atoms with Crippen LogP contribution in [0, 0.1) is 0 Å². The van der Waals surface area contributed by atoms with E-state index >= 15 is 0 Å². The lowest BCUT2D eigenvalue weighted by atomic mass is 10.2. The normalized spacial score (nSPS) is 11.2. The molecule has 0 saturated carbocycles. The lowest BCUT2D eigenvalue weighted by Crippen LogP contribution is -2.37. The zero-order valence-electron chi connectivity index (χ0n) is 14.6. The van der Waals surface area contributed by atoms with Gasteiger partial charge in [0.25, 0.3) is 0 Å². The van der Waals surface area contributed by atoms with E-state index in [0.717, 1.165) is 49.2 Å². The molecule has 0 unspecified atom stereocenters. The molecule has 1 aromatic rings. The molecule has 23 heavy (non-hydrogen) atoms. The molecule has 0 aliphatic heterocycles. The fourth-order valence-electron chi connectivity index (χ4n) is 2.03. The highest BCUT2D eigenvalue weighted by Crippen LogP contribution is 2.27. The Balaban J connectivity index is 2.47. The van der Waals surface area contributed by atoms with Crippen molar-refractivity contribution in [1.82, 2.24) is 10.6 Å². The maximum Gasteiger partial charge on any atom is 0.191 e. The van der Waals surface area contributed by atoms with Crippen LogP contribution in [0.15, 0.2) is 23.2 Å². The maximum absolute atomic E-state index is 5.59. The van der Waals surface area contributed by atoms with Gasteiger partial charge in [0, 0.05) is 33.4 Å². The SMILES string of the molecule is CCOCCCNC(=NC)NCc1ccc(OC)c(OCC)c1. The summed E-state index contributed by atoms with van der Waals surface area (Å²) in [5, 5.41) is 6.55. The molecular formula is C17H29N3O3. The van der Waals surface area contributed by atoms with Gasteiger partial charge in [-0.25, -0.2) is 0 Å². The number of guanidine groups is 1. The van der Waals surface area contributed by atoms with E-state index in [1.165, 1.54) is 0 Å². The van der Waals surface area contributed by atoms with Crippen molar-refractivity contribution in [2.45, 2.75) is 26.8 Å². The number of benzene rings is 1. The third-order valence-electron chi connectivity index (χ3n) is 3.17. The van der Waals surface area contributed by atoms with Gasteiger partial charge >= 0.3 is 0 Å². The molecule has 0 spiro atoms. The average Bonchev–Trinajstić information content (AvgIpc) is 2.58. The van der Waals surface area contributed by atoms with Crippen LogP contribution in [0.3, 0.4) is 0 Å². The van der Waals surface area contributed by atoms with E-state index in [4.69, 9.17) is 14.2 Å². The number of rotatable bonds is 10. The van der Waals surface area contributed by atoms with Crippen molar-refractivity contribution >= 4 is 5.96 Å². The number of nitrogens with one attached hydrogen (secondary N) is 2. The van der Waals surface area contributed by atoms with Crippen molar-refractivity contribution in [3.63, 3.8) is 0 Å². The van der Waals surface area contributed by atoms with E-state index in [9.17, 15) is 0 Å². The number of nitrogens with zero attached hydrogens (tertiary/aromatic N) is 1. The third-order valence-corrected chi connectivity index (χ3v) is 3.17. The minimum Gasteiger partial charge on any atom is -0.493 e. The lowest BCUT2D eigenvalue weighted by molar-refractivity contribution is 0.145. The molecule has 0 amide bonds. The Bertz CT molecular complexity index is 478. The summed E-state index contributed by atoms with van der Waals surface area (Å²) < 4.78 is 16.2. The molecule has 0 aliphatic rings. The molecule has 1 rings (SSSR count). The monoisotopic (exact) mass is 323 g/mol. The summed E-state index contributed by atoms with van der Waals surface area (Å²) in [7, 11) is 3.40. The molecule has 130 valence electrons. The van der Waals surface area contributed by atoms with Crippen LogP contribution in [0.25, 0.3) is 0 Å². The van der Waals surface area contributed by atoms with E-state index in [2.05, 4.69) is 15.6 Å². The summed E-state index contributed by atoms with van der Waals surface area (Å²) in [6.07, 6.45) is 0.950. The molecule has 0 saturated heterocycles. The fraction of sp³-hybridized carbons (Fsp3) is 0.588. The summed E-state index contributed by atoms with van der Waals surface area (Å²) in [6, 6.07) is 5.91. The maximum atomic E-state index is 5.59. The van der Waals surface area contributed by atoms with E-state index < -0.39 is 0 Å². The van der Waals surface area contributed by atoms with Crippen LogP contribution in [0.2, 0.25) is 0 Å². The minimum absolute atomic E-state index is 0.607. The van der Waals surface area contributed by atoms with Crippen LogP contribution in [-0.4, -0.2) is 46.5 Å². The Kier molecular flexibility index (Phi) is 9.63. The first-order valence-electron chi connectivity index (χ1n) is 8.07. The van der Waals surface area contributed by atoms with Gasteiger partial charge in [0.1, 0.15) is 0 Å². The summed E-state index contributed by atoms with van der Waals surface area (Å²) in [6.45, 7) is 7.57. The van der Waals surface area contributed by atoms with Crippen LogP contribution in [0.4, 0.5) is 0 Å². The van der Waals surface area contributed by atoms with Crippen LogP contribution >= 0.6 is 0 Å². The van der Waals surface area contributed by atoms with Gasteiger partial charge in [-0.05, 0) is 38.0 Å². The zero-order chi connectivity index (χ0) is 16.9. The Labute approximate surface area is 139 Å². The van der Waals surface area contributed by atoms with E-state index in [-0.39, 0.29) is 0 Å². The summed E-state index contributed by atoms with van der Waals surface area (Å²) in [5.74, 6) is 2.28. The molecule has 2 N–H and O–H groups in total. The lowest BCUT2D eigenvalue weighted by Gasteiger charge is -2.14. The standard InChI is InChI=1S/C17H29N3O3/c1-5-22-11-7-10-19-17(18-3)20-13-14-8-9-15(21-4)16(12-14)23-6-2/h8-9,12H,5-7,10-11,13H2,1-4H3,(H2,18,19,20). The first-order chi connectivity index (χ1) is 11.2. The van der Waals surface area contributed by atoms with Crippen LogP contribution in [0.1, 0.15) is 25.8 Å². The Morgan fingerprint density at radius 2 is 1.96 bits per heavy atom. The van der Waals surface area contributed by atoms with Gasteiger partial charge in [0.15, 0.2) is 17.5 Å². The number of hydrogen-bond donors (Lipinski definition) is 2. The average molecular weight is 323 g/mol. The molecule has 0 radical (unpaired) electrons. The smallest absolute Gasteiger partial charge is 0.191 e. The predicted molar refractivity (Wildman–Crippen MR) is 93.5 cm³/mol. The largest absolute Gasteiger partial charge is 0.493 e. The first-order valence-corrected chi connectivity index (χ1v) is 8.07. The summed E-state index contributed by atoms with van der Waals surface area (Å²) in [5.41, 5.74) is 1.10. The second-order valence-electron chi connectivity index (χ2n) is 4.82. The second kappa shape index (κ2) is 11.6. The third kappa shape index (κ3) is 7.23. The van der Waals surface area contributed by atoms with Crippen LogP contribution in [-0.2, 0) is 11.3 Å². The number of aliphatic imine (C=N–C) groups is 1. The van der Waals surface area contributed by atoms with Gasteiger partial charge in [0.05, 0.1) is 13.7 Å². The van der Waals surface area contributed by atoms with Crippen molar-refractivity contribution in [1.29, 1.82) is 0 Å². The highest BCUT2D eigenvalue weighted by molar-refractivity contribution is 5.79.